The van der Waals surface area contributed by atoms with Crippen LogP contribution in [0.25, 0.3) is 9.88 Å². The zero-order valence-corrected chi connectivity index (χ0v) is 14.0. The highest BCUT2D eigenvalue weighted by Crippen LogP contribution is 2.28. The molecular formula is C17H14N2O2S2. The largest absolute Gasteiger partial charge is 0.325 e. The first kappa shape index (κ1) is 15.6. The molecule has 0 aliphatic heterocycles. The van der Waals surface area contributed by atoms with E-state index in [1.807, 2.05) is 22.9 Å². The predicted octanol–water partition coefficient (Wildman–Crippen LogP) is 4.26. The van der Waals surface area contributed by atoms with Crippen molar-refractivity contribution in [3.05, 3.63) is 58.4 Å². The van der Waals surface area contributed by atoms with Gasteiger partial charge in [-0.25, -0.2) is 4.98 Å². The molecule has 6 heteroatoms. The number of amides is 1. The third-order valence-electron chi connectivity index (χ3n) is 3.21. The molecule has 0 saturated carbocycles. The molecule has 4 nitrogen and oxygen atoms in total. The normalized spacial score (nSPS) is 10.5. The molecule has 1 amide bonds. The quantitative estimate of drug-likeness (QED) is 0.705. The molecule has 0 fully saturated rings. The van der Waals surface area contributed by atoms with Crippen LogP contribution in [0.4, 0.5) is 5.69 Å². The lowest BCUT2D eigenvalue weighted by atomic mass is 10.1. The van der Waals surface area contributed by atoms with Gasteiger partial charge in [0.15, 0.2) is 5.78 Å². The van der Waals surface area contributed by atoms with E-state index in [0.717, 1.165) is 15.6 Å². The third kappa shape index (κ3) is 3.72. The van der Waals surface area contributed by atoms with Crippen molar-refractivity contribution in [3.8, 4) is 9.88 Å². The zero-order valence-electron chi connectivity index (χ0n) is 12.4. The van der Waals surface area contributed by atoms with E-state index in [1.54, 1.807) is 35.6 Å². The maximum absolute atomic E-state index is 12.2. The Hall–Kier alpha value is -2.31. The molecule has 0 bridgehead atoms. The van der Waals surface area contributed by atoms with E-state index < -0.39 is 0 Å². The average molecular weight is 342 g/mol. The zero-order chi connectivity index (χ0) is 16.2. The number of thiophene rings is 1. The molecule has 2 heterocycles. The van der Waals surface area contributed by atoms with Crippen molar-refractivity contribution < 1.29 is 9.59 Å². The van der Waals surface area contributed by atoms with Crippen LogP contribution in [0, 0.1) is 0 Å². The second kappa shape index (κ2) is 6.85. The minimum atomic E-state index is -0.179. The molecule has 0 spiro atoms. The van der Waals surface area contributed by atoms with E-state index in [9.17, 15) is 9.59 Å². The fourth-order valence-corrected chi connectivity index (χ4v) is 3.79. The Balaban J connectivity index is 1.70. The van der Waals surface area contributed by atoms with Gasteiger partial charge in [-0.1, -0.05) is 18.2 Å². The van der Waals surface area contributed by atoms with E-state index in [1.165, 1.54) is 18.3 Å². The highest BCUT2D eigenvalue weighted by molar-refractivity contribution is 7.20. The van der Waals surface area contributed by atoms with Crippen LogP contribution in [0.1, 0.15) is 23.0 Å². The lowest BCUT2D eigenvalue weighted by Crippen LogP contribution is -2.16. The topological polar surface area (TPSA) is 59.1 Å². The number of anilines is 1. The monoisotopic (exact) mass is 342 g/mol. The number of benzene rings is 1. The smallest absolute Gasteiger partial charge is 0.230 e. The van der Waals surface area contributed by atoms with Crippen LogP contribution >= 0.6 is 22.7 Å². The molecule has 0 aliphatic rings. The molecule has 0 saturated heterocycles. The van der Waals surface area contributed by atoms with Crippen molar-refractivity contribution in [1.29, 1.82) is 0 Å². The molecular weight excluding hydrogens is 328 g/mol. The number of hydrogen-bond acceptors (Lipinski definition) is 5. The van der Waals surface area contributed by atoms with Crippen molar-refractivity contribution >= 4 is 40.1 Å². The molecule has 0 atom stereocenters. The molecule has 1 N–H and O–H groups in total. The summed E-state index contributed by atoms with van der Waals surface area (Å²) in [6.45, 7) is 1.48. The number of thiazole rings is 1. The second-order valence-corrected chi connectivity index (χ2v) is 6.75. The Bertz CT molecular complexity index is 838. The maximum atomic E-state index is 12.2. The number of ketones is 1. The van der Waals surface area contributed by atoms with Crippen molar-refractivity contribution in [1.82, 2.24) is 4.98 Å². The van der Waals surface area contributed by atoms with Crippen molar-refractivity contribution in [2.45, 2.75) is 13.3 Å². The van der Waals surface area contributed by atoms with Crippen LogP contribution in [0.3, 0.4) is 0 Å². The van der Waals surface area contributed by atoms with Gasteiger partial charge in [-0.05, 0) is 30.5 Å². The summed E-state index contributed by atoms with van der Waals surface area (Å²) in [7, 11) is 0. The van der Waals surface area contributed by atoms with Crippen LogP contribution < -0.4 is 5.32 Å². The lowest BCUT2D eigenvalue weighted by molar-refractivity contribution is -0.115. The standard InChI is InChI=1S/C17H14N2O2S2/c1-11(20)13-5-2-3-6-14(13)19-16(21)9-12-10-23-17(18-12)15-7-4-8-22-15/h2-8,10H,9H2,1H3,(H,19,21). The number of aromatic nitrogens is 1. The average Bonchev–Trinajstić information content (AvgIpc) is 3.18. The second-order valence-electron chi connectivity index (χ2n) is 4.95. The molecule has 1 aromatic carbocycles. The van der Waals surface area contributed by atoms with Crippen LogP contribution in [-0.2, 0) is 11.2 Å². The number of Topliss-reactive ketones (excluding diaryl/α,β-unsaturated/α-hetero) is 1. The van der Waals surface area contributed by atoms with Crippen molar-refractivity contribution in [2.75, 3.05) is 5.32 Å². The summed E-state index contributed by atoms with van der Waals surface area (Å²) >= 11 is 3.15. The van der Waals surface area contributed by atoms with Gasteiger partial charge in [0.1, 0.15) is 5.01 Å². The molecule has 23 heavy (non-hydrogen) atoms. The van der Waals surface area contributed by atoms with Crippen LogP contribution in [-0.4, -0.2) is 16.7 Å². The molecule has 3 aromatic rings. The van der Waals surface area contributed by atoms with Gasteiger partial charge in [-0.3, -0.25) is 9.59 Å². The summed E-state index contributed by atoms with van der Waals surface area (Å²) in [5.74, 6) is -0.253. The van der Waals surface area contributed by atoms with Gasteiger partial charge in [0.05, 0.1) is 22.7 Å². The number of para-hydroxylation sites is 1. The molecule has 3 rings (SSSR count). The maximum Gasteiger partial charge on any atom is 0.230 e. The van der Waals surface area contributed by atoms with Gasteiger partial charge >= 0.3 is 0 Å². The SMILES string of the molecule is CC(=O)c1ccccc1NC(=O)Cc1csc(-c2cccs2)n1. The Kier molecular flexibility index (Phi) is 4.64. The van der Waals surface area contributed by atoms with E-state index in [2.05, 4.69) is 10.3 Å². The fourth-order valence-electron chi connectivity index (χ4n) is 2.16. The van der Waals surface area contributed by atoms with E-state index >= 15 is 0 Å². The van der Waals surface area contributed by atoms with Gasteiger partial charge in [0.25, 0.3) is 0 Å². The van der Waals surface area contributed by atoms with Gasteiger partial charge in [-0.15, -0.1) is 22.7 Å². The fraction of sp³-hybridized carbons (Fsp3) is 0.118. The Labute approximate surface area is 141 Å². The first-order chi connectivity index (χ1) is 11.1. The van der Waals surface area contributed by atoms with Gasteiger partial charge < -0.3 is 5.32 Å². The summed E-state index contributed by atoms with van der Waals surface area (Å²) in [6.07, 6.45) is 0.189. The van der Waals surface area contributed by atoms with E-state index in [-0.39, 0.29) is 18.1 Å². The van der Waals surface area contributed by atoms with Gasteiger partial charge in [-0.2, -0.15) is 0 Å². The molecule has 0 radical (unpaired) electrons. The van der Waals surface area contributed by atoms with Crippen LogP contribution in [0.5, 0.6) is 0 Å². The summed E-state index contributed by atoms with van der Waals surface area (Å²) in [5.41, 5.74) is 1.79. The highest BCUT2D eigenvalue weighted by atomic mass is 32.1. The first-order valence-corrected chi connectivity index (χ1v) is 8.77. The van der Waals surface area contributed by atoms with Gasteiger partial charge in [0.2, 0.25) is 5.91 Å². The number of rotatable bonds is 5. The number of hydrogen-bond donors (Lipinski definition) is 1. The van der Waals surface area contributed by atoms with E-state index in [0.29, 0.717) is 11.3 Å². The minimum absolute atomic E-state index is 0.0745. The Morgan fingerprint density at radius 3 is 2.70 bits per heavy atom. The van der Waals surface area contributed by atoms with E-state index in [4.69, 9.17) is 0 Å². The van der Waals surface area contributed by atoms with Crippen LogP contribution in [0.15, 0.2) is 47.2 Å². The van der Waals surface area contributed by atoms with Crippen LogP contribution in [0.2, 0.25) is 0 Å². The summed E-state index contributed by atoms with van der Waals surface area (Å²) in [5, 5.41) is 7.61. The number of carbonyl (C=O) groups is 2. The number of carbonyl (C=O) groups excluding carboxylic acids is 2. The summed E-state index contributed by atoms with van der Waals surface area (Å²) < 4.78 is 0. The summed E-state index contributed by atoms with van der Waals surface area (Å²) in [6, 6.07) is 11.0. The molecule has 0 aliphatic carbocycles. The van der Waals surface area contributed by atoms with Gasteiger partial charge in [0, 0.05) is 10.9 Å². The van der Waals surface area contributed by atoms with Crippen molar-refractivity contribution in [2.24, 2.45) is 0 Å². The highest BCUT2D eigenvalue weighted by Gasteiger charge is 2.12. The molecule has 2 aromatic heterocycles. The van der Waals surface area contributed by atoms with Crippen molar-refractivity contribution in [3.63, 3.8) is 0 Å². The Morgan fingerprint density at radius 2 is 1.96 bits per heavy atom. The first-order valence-electron chi connectivity index (χ1n) is 7.01. The predicted molar refractivity (Wildman–Crippen MR) is 94.2 cm³/mol. The lowest BCUT2D eigenvalue weighted by Gasteiger charge is -2.08. The minimum Gasteiger partial charge on any atom is -0.325 e. The Morgan fingerprint density at radius 1 is 1.13 bits per heavy atom. The number of nitrogens with one attached hydrogen (secondary N) is 1. The molecule has 0 unspecified atom stereocenters. The summed E-state index contributed by atoms with van der Waals surface area (Å²) in [4.78, 5) is 29.4. The third-order valence-corrected chi connectivity index (χ3v) is 5.14. The molecule has 116 valence electrons. The number of nitrogens with zero attached hydrogens (tertiary/aromatic N) is 1.